The van der Waals surface area contributed by atoms with Gasteiger partial charge >= 0.3 is 5.97 Å². The minimum Gasteiger partial charge on any atom is -0.487 e. The normalized spacial score (nSPS) is 15.5. The van der Waals surface area contributed by atoms with Crippen LogP contribution in [-0.2, 0) is 6.42 Å². The molecule has 0 spiro atoms. The average Bonchev–Trinajstić information content (AvgIpc) is 2.71. The van der Waals surface area contributed by atoms with Gasteiger partial charge in [-0.15, -0.1) is 0 Å². The molecule has 0 amide bonds. The maximum Gasteiger partial charge on any atom is 0.336 e. The van der Waals surface area contributed by atoms with E-state index in [0.29, 0.717) is 5.56 Å². The highest BCUT2D eigenvalue weighted by molar-refractivity contribution is 5.96. The second-order valence-electron chi connectivity index (χ2n) is 5.71. The van der Waals surface area contributed by atoms with Gasteiger partial charge in [-0.05, 0) is 48.7 Å². The summed E-state index contributed by atoms with van der Waals surface area (Å²) in [6.45, 7) is 4.11. The SMILES string of the molecule is CC1(C)Cc2cc(-c3ccccc3C(=O)O)ccc2O1. The lowest BCUT2D eigenvalue weighted by atomic mass is 9.95. The monoisotopic (exact) mass is 268 g/mol. The summed E-state index contributed by atoms with van der Waals surface area (Å²) in [4.78, 5) is 11.3. The quantitative estimate of drug-likeness (QED) is 0.902. The van der Waals surface area contributed by atoms with Crippen LogP contribution in [0.5, 0.6) is 5.75 Å². The van der Waals surface area contributed by atoms with Gasteiger partial charge in [0.1, 0.15) is 11.4 Å². The molecule has 0 saturated heterocycles. The Morgan fingerprint density at radius 1 is 1.20 bits per heavy atom. The van der Waals surface area contributed by atoms with E-state index in [1.54, 1.807) is 12.1 Å². The van der Waals surface area contributed by atoms with Gasteiger partial charge in [0.05, 0.1) is 5.56 Å². The van der Waals surface area contributed by atoms with Gasteiger partial charge in [-0.1, -0.05) is 24.3 Å². The fraction of sp³-hybridized carbons (Fsp3) is 0.235. The molecule has 3 heteroatoms. The van der Waals surface area contributed by atoms with Crippen molar-refractivity contribution in [3.63, 3.8) is 0 Å². The Bertz CT molecular complexity index is 686. The molecule has 0 bridgehead atoms. The van der Waals surface area contributed by atoms with Gasteiger partial charge in [0.15, 0.2) is 0 Å². The molecular formula is C17H16O3. The van der Waals surface area contributed by atoms with Crippen LogP contribution in [0.25, 0.3) is 11.1 Å². The first-order valence-corrected chi connectivity index (χ1v) is 6.61. The van der Waals surface area contributed by atoms with Crippen molar-refractivity contribution < 1.29 is 14.6 Å². The molecule has 1 aliphatic heterocycles. The van der Waals surface area contributed by atoms with Crippen LogP contribution in [0.15, 0.2) is 42.5 Å². The summed E-state index contributed by atoms with van der Waals surface area (Å²) < 4.78 is 5.85. The smallest absolute Gasteiger partial charge is 0.336 e. The Balaban J connectivity index is 2.08. The summed E-state index contributed by atoms with van der Waals surface area (Å²) in [5.41, 5.74) is 2.93. The van der Waals surface area contributed by atoms with Crippen molar-refractivity contribution in [1.29, 1.82) is 0 Å². The van der Waals surface area contributed by atoms with Crippen LogP contribution < -0.4 is 4.74 Å². The van der Waals surface area contributed by atoms with Crippen LogP contribution >= 0.6 is 0 Å². The van der Waals surface area contributed by atoms with Crippen LogP contribution in [0, 0.1) is 0 Å². The molecule has 0 atom stereocenters. The lowest BCUT2D eigenvalue weighted by molar-refractivity contribution is 0.0697. The van der Waals surface area contributed by atoms with Gasteiger partial charge in [0.2, 0.25) is 0 Å². The zero-order valence-electron chi connectivity index (χ0n) is 11.5. The van der Waals surface area contributed by atoms with Crippen molar-refractivity contribution in [3.8, 4) is 16.9 Å². The van der Waals surface area contributed by atoms with E-state index in [1.165, 1.54) is 0 Å². The minimum atomic E-state index is -0.905. The molecule has 0 radical (unpaired) electrons. The number of carboxylic acid groups (broad SMARTS) is 1. The number of benzene rings is 2. The summed E-state index contributed by atoms with van der Waals surface area (Å²) in [6, 6.07) is 12.9. The maximum atomic E-state index is 11.3. The molecule has 0 unspecified atom stereocenters. The molecular weight excluding hydrogens is 252 g/mol. The standard InChI is InChI=1S/C17H16O3/c1-17(2)10-12-9-11(7-8-15(12)20-17)13-5-3-4-6-14(13)16(18)19/h3-9H,10H2,1-2H3,(H,18,19). The topological polar surface area (TPSA) is 46.5 Å². The highest BCUT2D eigenvalue weighted by Crippen LogP contribution is 2.37. The molecule has 0 fully saturated rings. The van der Waals surface area contributed by atoms with E-state index in [-0.39, 0.29) is 5.60 Å². The number of hydrogen-bond donors (Lipinski definition) is 1. The molecule has 1 aliphatic rings. The van der Waals surface area contributed by atoms with E-state index in [2.05, 4.69) is 13.8 Å². The van der Waals surface area contributed by atoms with Crippen molar-refractivity contribution >= 4 is 5.97 Å². The number of aromatic carboxylic acids is 1. The second kappa shape index (κ2) is 4.37. The summed E-state index contributed by atoms with van der Waals surface area (Å²) in [6.07, 6.45) is 0.839. The number of ether oxygens (including phenoxy) is 1. The number of carboxylic acids is 1. The Morgan fingerprint density at radius 3 is 2.70 bits per heavy atom. The predicted octanol–water partition coefficient (Wildman–Crippen LogP) is 3.77. The lowest BCUT2D eigenvalue weighted by Gasteiger charge is -2.16. The van der Waals surface area contributed by atoms with Crippen LogP contribution in [0.2, 0.25) is 0 Å². The van der Waals surface area contributed by atoms with Gasteiger partial charge in [-0.2, -0.15) is 0 Å². The third kappa shape index (κ3) is 2.16. The minimum absolute atomic E-state index is 0.187. The highest BCUT2D eigenvalue weighted by atomic mass is 16.5. The first-order valence-electron chi connectivity index (χ1n) is 6.61. The van der Waals surface area contributed by atoms with Gasteiger partial charge in [-0.25, -0.2) is 4.79 Å². The molecule has 2 aromatic carbocycles. The third-order valence-corrected chi connectivity index (χ3v) is 3.53. The summed E-state index contributed by atoms with van der Waals surface area (Å²) in [5.74, 6) is -0.00997. The number of fused-ring (bicyclic) bond motifs is 1. The molecule has 3 nitrogen and oxygen atoms in total. The largest absolute Gasteiger partial charge is 0.487 e. The first kappa shape index (κ1) is 12.7. The maximum absolute atomic E-state index is 11.3. The van der Waals surface area contributed by atoms with E-state index in [4.69, 9.17) is 4.74 Å². The van der Waals surface area contributed by atoms with Crippen LogP contribution in [0.4, 0.5) is 0 Å². The first-order chi connectivity index (χ1) is 9.46. The zero-order chi connectivity index (χ0) is 14.3. The zero-order valence-corrected chi connectivity index (χ0v) is 11.5. The summed E-state index contributed by atoms with van der Waals surface area (Å²) in [7, 11) is 0. The molecule has 0 aliphatic carbocycles. The summed E-state index contributed by atoms with van der Waals surface area (Å²) in [5, 5.41) is 9.28. The Hall–Kier alpha value is -2.29. The molecule has 1 heterocycles. The second-order valence-corrected chi connectivity index (χ2v) is 5.71. The van der Waals surface area contributed by atoms with E-state index in [1.807, 2.05) is 30.3 Å². The number of rotatable bonds is 2. The molecule has 0 aromatic heterocycles. The fourth-order valence-electron chi connectivity index (χ4n) is 2.70. The molecule has 1 N–H and O–H groups in total. The Kier molecular flexibility index (Phi) is 2.78. The molecule has 102 valence electrons. The predicted molar refractivity (Wildman–Crippen MR) is 77.2 cm³/mol. The van der Waals surface area contributed by atoms with Crippen molar-refractivity contribution in [3.05, 3.63) is 53.6 Å². The lowest BCUT2D eigenvalue weighted by Crippen LogP contribution is -2.24. The van der Waals surface area contributed by atoms with E-state index < -0.39 is 5.97 Å². The van der Waals surface area contributed by atoms with Gasteiger partial charge < -0.3 is 9.84 Å². The van der Waals surface area contributed by atoms with Crippen molar-refractivity contribution in [2.75, 3.05) is 0 Å². The van der Waals surface area contributed by atoms with Crippen LogP contribution in [0.1, 0.15) is 29.8 Å². The molecule has 3 rings (SSSR count). The van der Waals surface area contributed by atoms with Gasteiger partial charge in [-0.3, -0.25) is 0 Å². The van der Waals surface area contributed by atoms with Gasteiger partial charge in [0, 0.05) is 6.42 Å². The van der Waals surface area contributed by atoms with Crippen molar-refractivity contribution in [2.45, 2.75) is 25.9 Å². The molecule has 2 aromatic rings. The van der Waals surface area contributed by atoms with Gasteiger partial charge in [0.25, 0.3) is 0 Å². The van der Waals surface area contributed by atoms with E-state index in [9.17, 15) is 9.90 Å². The van der Waals surface area contributed by atoms with Crippen molar-refractivity contribution in [2.24, 2.45) is 0 Å². The average molecular weight is 268 g/mol. The van der Waals surface area contributed by atoms with E-state index >= 15 is 0 Å². The molecule has 20 heavy (non-hydrogen) atoms. The van der Waals surface area contributed by atoms with Crippen LogP contribution in [0.3, 0.4) is 0 Å². The fourth-order valence-corrected chi connectivity index (χ4v) is 2.70. The summed E-state index contributed by atoms with van der Waals surface area (Å²) >= 11 is 0. The molecule has 0 saturated carbocycles. The number of carbonyl (C=O) groups is 1. The number of hydrogen-bond acceptors (Lipinski definition) is 2. The third-order valence-electron chi connectivity index (χ3n) is 3.53. The Labute approximate surface area is 117 Å². The van der Waals surface area contributed by atoms with E-state index in [0.717, 1.165) is 28.9 Å². The highest BCUT2D eigenvalue weighted by Gasteiger charge is 2.30. The van der Waals surface area contributed by atoms with Crippen molar-refractivity contribution in [1.82, 2.24) is 0 Å². The Morgan fingerprint density at radius 2 is 1.95 bits per heavy atom. The van der Waals surface area contributed by atoms with Crippen LogP contribution in [-0.4, -0.2) is 16.7 Å².